The minimum absolute atomic E-state index is 0.346. The van der Waals surface area contributed by atoms with Crippen molar-refractivity contribution < 1.29 is 0 Å². The Bertz CT molecular complexity index is 765. The molecule has 110 valence electrons. The smallest absolute Gasteiger partial charge is 0.0352 e. The third kappa shape index (κ3) is 2.50. The van der Waals surface area contributed by atoms with Gasteiger partial charge in [0.1, 0.15) is 0 Å². The van der Waals surface area contributed by atoms with Gasteiger partial charge in [-0.2, -0.15) is 0 Å². The van der Waals surface area contributed by atoms with Gasteiger partial charge in [0.25, 0.3) is 0 Å². The second-order valence-electron chi connectivity index (χ2n) is 5.71. The first kappa shape index (κ1) is 14.4. The lowest BCUT2D eigenvalue weighted by molar-refractivity contribution is 0.804. The minimum Gasteiger partial charge on any atom is -0.398 e. The van der Waals surface area contributed by atoms with E-state index in [9.17, 15) is 0 Å². The summed E-state index contributed by atoms with van der Waals surface area (Å²) in [6, 6.07) is 16.6. The van der Waals surface area contributed by atoms with Gasteiger partial charge in [0.05, 0.1) is 0 Å². The van der Waals surface area contributed by atoms with Gasteiger partial charge in [-0.15, -0.1) is 0 Å². The molecule has 1 aliphatic rings. The average Bonchev–Trinajstić information content (AvgIpc) is 2.56. The zero-order chi connectivity index (χ0) is 15.5. The van der Waals surface area contributed by atoms with Gasteiger partial charge in [-0.3, -0.25) is 0 Å². The summed E-state index contributed by atoms with van der Waals surface area (Å²) in [4.78, 5) is 0. The van der Waals surface area contributed by atoms with Crippen molar-refractivity contribution in [3.05, 3.63) is 89.5 Å². The van der Waals surface area contributed by atoms with Crippen LogP contribution in [-0.2, 0) is 0 Å². The molecule has 0 heterocycles. The second-order valence-corrected chi connectivity index (χ2v) is 5.71. The van der Waals surface area contributed by atoms with Gasteiger partial charge in [0, 0.05) is 11.6 Å². The van der Waals surface area contributed by atoms with Crippen LogP contribution in [0.25, 0.3) is 11.6 Å². The minimum atomic E-state index is 0.346. The number of rotatable bonds is 3. The van der Waals surface area contributed by atoms with Crippen LogP contribution < -0.4 is 5.73 Å². The van der Waals surface area contributed by atoms with E-state index in [4.69, 9.17) is 5.73 Å². The first-order valence-electron chi connectivity index (χ1n) is 7.66. The van der Waals surface area contributed by atoms with Crippen molar-refractivity contribution in [2.75, 3.05) is 5.73 Å². The van der Waals surface area contributed by atoms with E-state index in [0.29, 0.717) is 5.92 Å². The van der Waals surface area contributed by atoms with Crippen molar-refractivity contribution in [1.29, 1.82) is 0 Å². The van der Waals surface area contributed by atoms with Crippen molar-refractivity contribution in [2.45, 2.75) is 19.3 Å². The number of para-hydroxylation sites is 1. The van der Waals surface area contributed by atoms with Crippen LogP contribution in [0.3, 0.4) is 0 Å². The molecule has 0 radical (unpaired) electrons. The molecule has 1 nitrogen and oxygen atoms in total. The number of hydrogen-bond donors (Lipinski definition) is 1. The van der Waals surface area contributed by atoms with E-state index in [1.165, 1.54) is 27.8 Å². The molecule has 0 spiro atoms. The fourth-order valence-corrected chi connectivity index (χ4v) is 3.23. The zero-order valence-corrected chi connectivity index (χ0v) is 12.9. The number of nitrogens with two attached hydrogens (primary N) is 1. The lowest BCUT2D eigenvalue weighted by atomic mass is 9.80. The summed E-state index contributed by atoms with van der Waals surface area (Å²) in [5, 5.41) is 0. The summed E-state index contributed by atoms with van der Waals surface area (Å²) in [5.41, 5.74) is 13.4. The third-order valence-corrected chi connectivity index (χ3v) is 4.45. The number of hydrogen-bond acceptors (Lipinski definition) is 1. The first-order chi connectivity index (χ1) is 10.7. The molecule has 0 aromatic heterocycles. The largest absolute Gasteiger partial charge is 0.398 e. The first-order valence-corrected chi connectivity index (χ1v) is 7.66. The Morgan fingerprint density at radius 3 is 2.59 bits per heavy atom. The highest BCUT2D eigenvalue weighted by molar-refractivity contribution is 5.83. The van der Waals surface area contributed by atoms with E-state index in [-0.39, 0.29) is 0 Å². The molecule has 0 aliphatic heterocycles. The monoisotopic (exact) mass is 287 g/mol. The average molecular weight is 287 g/mol. The van der Waals surface area contributed by atoms with Gasteiger partial charge in [-0.1, -0.05) is 72.8 Å². The van der Waals surface area contributed by atoms with Crippen LogP contribution in [0.4, 0.5) is 5.69 Å². The molecule has 0 amide bonds. The van der Waals surface area contributed by atoms with E-state index in [1.807, 2.05) is 18.2 Å². The van der Waals surface area contributed by atoms with Crippen LogP contribution in [0, 0.1) is 0 Å². The summed E-state index contributed by atoms with van der Waals surface area (Å²) in [7, 11) is 0. The zero-order valence-electron chi connectivity index (χ0n) is 12.9. The normalized spacial score (nSPS) is 17.6. The van der Waals surface area contributed by atoms with Gasteiger partial charge >= 0.3 is 0 Å². The molecule has 1 atom stereocenters. The molecule has 0 saturated carbocycles. The lowest BCUT2D eigenvalue weighted by Crippen LogP contribution is -2.08. The maximum atomic E-state index is 6.19. The van der Waals surface area contributed by atoms with Crippen LogP contribution in [0.2, 0.25) is 0 Å². The van der Waals surface area contributed by atoms with E-state index >= 15 is 0 Å². The van der Waals surface area contributed by atoms with E-state index in [2.05, 4.69) is 62.1 Å². The van der Waals surface area contributed by atoms with E-state index in [1.54, 1.807) is 0 Å². The van der Waals surface area contributed by atoms with Crippen molar-refractivity contribution in [3.63, 3.8) is 0 Å². The number of nitrogen functional groups attached to an aromatic ring is 1. The fourth-order valence-electron chi connectivity index (χ4n) is 3.23. The summed E-state index contributed by atoms with van der Waals surface area (Å²) in [5.74, 6) is 0.346. The highest BCUT2D eigenvalue weighted by Gasteiger charge is 2.21. The molecule has 1 unspecified atom stereocenters. The molecule has 0 saturated heterocycles. The van der Waals surface area contributed by atoms with Gasteiger partial charge in [-0.05, 0) is 41.7 Å². The van der Waals surface area contributed by atoms with Crippen LogP contribution in [0.5, 0.6) is 0 Å². The standard InChI is InChI=1S/C21H21N/c1-3-16-9-4-5-10-19(16)17-12-8-13-18(15(17)2)20-11-6-7-14-21(20)22/h3-12,14,18H,1,13,22H2,2H3. The van der Waals surface area contributed by atoms with E-state index in [0.717, 1.165) is 12.1 Å². The van der Waals surface area contributed by atoms with Gasteiger partial charge < -0.3 is 5.73 Å². The van der Waals surface area contributed by atoms with Crippen molar-refractivity contribution in [1.82, 2.24) is 0 Å². The summed E-state index contributed by atoms with van der Waals surface area (Å²) < 4.78 is 0. The van der Waals surface area contributed by atoms with Crippen molar-refractivity contribution in [2.24, 2.45) is 0 Å². The molecule has 0 bridgehead atoms. The molecule has 2 N–H and O–H groups in total. The van der Waals surface area contributed by atoms with Crippen molar-refractivity contribution >= 4 is 17.3 Å². The molecule has 2 aromatic rings. The Kier molecular flexibility index (Phi) is 3.97. The topological polar surface area (TPSA) is 26.0 Å². The molecule has 1 heteroatoms. The Morgan fingerprint density at radius 2 is 1.82 bits per heavy atom. The van der Waals surface area contributed by atoms with Gasteiger partial charge in [-0.25, -0.2) is 0 Å². The lowest BCUT2D eigenvalue weighted by Gasteiger charge is -2.25. The SMILES string of the molecule is C=Cc1ccccc1C1=C(C)C(c2ccccc2N)CC=C1. The summed E-state index contributed by atoms with van der Waals surface area (Å²) in [6.07, 6.45) is 7.40. The molecule has 3 rings (SSSR count). The van der Waals surface area contributed by atoms with Crippen LogP contribution in [0.15, 0.2) is 72.8 Å². The molecular weight excluding hydrogens is 266 g/mol. The number of benzene rings is 2. The molecule has 0 fully saturated rings. The Balaban J connectivity index is 2.11. The molecule has 1 aliphatic carbocycles. The van der Waals surface area contributed by atoms with E-state index < -0.39 is 0 Å². The maximum absolute atomic E-state index is 6.19. The van der Waals surface area contributed by atoms with Gasteiger partial charge in [0.15, 0.2) is 0 Å². The van der Waals surface area contributed by atoms with Crippen LogP contribution in [-0.4, -0.2) is 0 Å². The highest BCUT2D eigenvalue weighted by Crippen LogP contribution is 2.40. The maximum Gasteiger partial charge on any atom is 0.0352 e. The van der Waals surface area contributed by atoms with Crippen LogP contribution >= 0.6 is 0 Å². The Labute approximate surface area is 132 Å². The Hall–Kier alpha value is -2.54. The predicted octanol–water partition coefficient (Wildman–Crippen LogP) is 5.43. The van der Waals surface area contributed by atoms with Crippen molar-refractivity contribution in [3.8, 4) is 0 Å². The third-order valence-electron chi connectivity index (χ3n) is 4.45. The van der Waals surface area contributed by atoms with Gasteiger partial charge in [0.2, 0.25) is 0 Å². The molecular formula is C21H21N. The quantitative estimate of drug-likeness (QED) is 0.748. The second kappa shape index (κ2) is 6.07. The summed E-state index contributed by atoms with van der Waals surface area (Å²) in [6.45, 7) is 6.15. The highest BCUT2D eigenvalue weighted by atomic mass is 14.6. The Morgan fingerprint density at radius 1 is 1.09 bits per heavy atom. The fraction of sp³-hybridized carbons (Fsp3) is 0.143. The number of allylic oxidation sites excluding steroid dienone is 4. The molecule has 22 heavy (non-hydrogen) atoms. The van der Waals surface area contributed by atoms with Crippen LogP contribution in [0.1, 0.15) is 36.0 Å². The molecule has 2 aromatic carbocycles. The number of anilines is 1. The summed E-state index contributed by atoms with van der Waals surface area (Å²) >= 11 is 0. The predicted molar refractivity (Wildman–Crippen MR) is 96.5 cm³/mol.